The van der Waals surface area contributed by atoms with E-state index in [0.717, 1.165) is 46.9 Å². The van der Waals surface area contributed by atoms with Gasteiger partial charge in [0.25, 0.3) is 5.91 Å². The van der Waals surface area contributed by atoms with Gasteiger partial charge in [-0.1, -0.05) is 23.7 Å². The van der Waals surface area contributed by atoms with E-state index >= 15 is 0 Å². The Labute approximate surface area is 188 Å². The Kier molecular flexibility index (Phi) is 5.33. The fourth-order valence-electron chi connectivity index (χ4n) is 3.93. The number of amides is 1. The second-order valence-corrected chi connectivity index (χ2v) is 8.86. The van der Waals surface area contributed by atoms with Crippen LogP contribution in [0.25, 0.3) is 16.7 Å². The van der Waals surface area contributed by atoms with E-state index in [4.69, 9.17) is 16.6 Å². The number of thiophene rings is 1. The molecular formula is C22H21ClN6OS. The Morgan fingerprint density at radius 3 is 2.81 bits per heavy atom. The van der Waals surface area contributed by atoms with E-state index in [9.17, 15) is 4.79 Å². The highest BCUT2D eigenvalue weighted by Crippen LogP contribution is 2.27. The highest BCUT2D eigenvalue weighted by Gasteiger charge is 2.24. The number of anilines is 1. The lowest BCUT2D eigenvalue weighted by Gasteiger charge is -2.23. The molecule has 4 heterocycles. The van der Waals surface area contributed by atoms with Crippen LogP contribution in [0.3, 0.4) is 0 Å². The number of aryl methyl sites for hydroxylation is 1. The van der Waals surface area contributed by atoms with Crippen molar-refractivity contribution in [2.45, 2.75) is 13.3 Å². The second-order valence-electron chi connectivity index (χ2n) is 7.48. The molecule has 1 fully saturated rings. The molecule has 9 heteroatoms. The number of benzene rings is 1. The van der Waals surface area contributed by atoms with Gasteiger partial charge in [0.2, 0.25) is 0 Å². The Morgan fingerprint density at radius 2 is 2.00 bits per heavy atom. The Balaban J connectivity index is 1.46. The Bertz CT molecular complexity index is 1240. The summed E-state index contributed by atoms with van der Waals surface area (Å²) in [5.41, 5.74) is 1.61. The highest BCUT2D eigenvalue weighted by atomic mass is 35.5. The first-order valence-corrected chi connectivity index (χ1v) is 11.4. The molecular weight excluding hydrogens is 432 g/mol. The molecule has 3 aromatic heterocycles. The van der Waals surface area contributed by atoms with Crippen molar-refractivity contribution in [2.24, 2.45) is 0 Å². The summed E-state index contributed by atoms with van der Waals surface area (Å²) >= 11 is 7.67. The van der Waals surface area contributed by atoms with E-state index in [0.29, 0.717) is 23.9 Å². The molecule has 1 saturated heterocycles. The van der Waals surface area contributed by atoms with Gasteiger partial charge >= 0.3 is 0 Å². The lowest BCUT2D eigenvalue weighted by Crippen LogP contribution is -2.35. The predicted molar refractivity (Wildman–Crippen MR) is 123 cm³/mol. The van der Waals surface area contributed by atoms with Crippen LogP contribution in [0, 0.1) is 6.92 Å². The largest absolute Gasteiger partial charge is 0.354 e. The van der Waals surface area contributed by atoms with Crippen LogP contribution in [-0.4, -0.2) is 56.7 Å². The molecule has 0 spiro atoms. The van der Waals surface area contributed by atoms with Gasteiger partial charge in [0.05, 0.1) is 22.1 Å². The topological polar surface area (TPSA) is 67.2 Å². The smallest absolute Gasteiger partial charge is 0.263 e. The summed E-state index contributed by atoms with van der Waals surface area (Å²) in [6, 6.07) is 11.4. The van der Waals surface area contributed by atoms with Gasteiger partial charge in [-0.3, -0.25) is 4.79 Å². The fraction of sp³-hybridized carbons (Fsp3) is 0.273. The molecule has 0 unspecified atom stereocenters. The van der Waals surface area contributed by atoms with E-state index in [1.165, 1.54) is 11.3 Å². The summed E-state index contributed by atoms with van der Waals surface area (Å²) < 4.78 is 1.80. The molecule has 0 aliphatic carbocycles. The van der Waals surface area contributed by atoms with Gasteiger partial charge in [0, 0.05) is 31.2 Å². The monoisotopic (exact) mass is 452 g/mol. The van der Waals surface area contributed by atoms with Gasteiger partial charge in [-0.25, -0.2) is 14.6 Å². The van der Waals surface area contributed by atoms with Crippen LogP contribution in [-0.2, 0) is 0 Å². The van der Waals surface area contributed by atoms with E-state index in [1.807, 2.05) is 59.8 Å². The Hall–Kier alpha value is -2.97. The molecule has 1 aliphatic rings. The molecule has 1 amide bonds. The molecule has 7 nitrogen and oxygen atoms in total. The van der Waals surface area contributed by atoms with Crippen LogP contribution in [0.15, 0.2) is 48.0 Å². The average Bonchev–Trinajstić information content (AvgIpc) is 3.38. The molecule has 1 aromatic carbocycles. The maximum atomic E-state index is 12.8. The van der Waals surface area contributed by atoms with E-state index < -0.39 is 0 Å². The maximum absolute atomic E-state index is 12.8. The summed E-state index contributed by atoms with van der Waals surface area (Å²) in [6.45, 7) is 4.82. The van der Waals surface area contributed by atoms with Crippen molar-refractivity contribution in [1.29, 1.82) is 0 Å². The molecule has 0 N–H and O–H groups in total. The minimum Gasteiger partial charge on any atom is -0.354 e. The van der Waals surface area contributed by atoms with Crippen LogP contribution in [0.5, 0.6) is 0 Å². The summed E-state index contributed by atoms with van der Waals surface area (Å²) in [5.74, 6) is 1.65. The van der Waals surface area contributed by atoms with Crippen LogP contribution >= 0.6 is 22.9 Å². The predicted octanol–water partition coefficient (Wildman–Crippen LogP) is 4.19. The minimum atomic E-state index is 0.106. The standard InChI is InChI=1S/C22H21ClN6OS/c1-15-25-20(18-14-24-29(21(18)26-15)17-6-2-5-16(23)13-17)27-8-4-9-28(11-10-27)22(30)19-7-3-12-31-19/h2-3,5-7,12-14H,4,8-11H2,1H3. The normalized spacial score (nSPS) is 14.8. The van der Waals surface area contributed by atoms with Crippen molar-refractivity contribution in [2.75, 3.05) is 31.1 Å². The van der Waals surface area contributed by atoms with Gasteiger partial charge in [-0.05, 0) is 43.0 Å². The first kappa shape index (κ1) is 20.0. The average molecular weight is 453 g/mol. The molecule has 0 atom stereocenters. The lowest BCUT2D eigenvalue weighted by molar-refractivity contribution is 0.0772. The number of carbonyl (C=O) groups is 1. The van der Waals surface area contributed by atoms with Crippen molar-refractivity contribution in [3.63, 3.8) is 0 Å². The summed E-state index contributed by atoms with van der Waals surface area (Å²) in [7, 11) is 0. The van der Waals surface area contributed by atoms with Crippen molar-refractivity contribution in [3.05, 3.63) is 63.7 Å². The zero-order chi connectivity index (χ0) is 21.4. The molecule has 31 heavy (non-hydrogen) atoms. The van der Waals surface area contributed by atoms with Crippen molar-refractivity contribution in [1.82, 2.24) is 24.6 Å². The summed E-state index contributed by atoms with van der Waals surface area (Å²) in [6.07, 6.45) is 2.69. The van der Waals surface area contributed by atoms with Crippen molar-refractivity contribution >= 4 is 45.7 Å². The summed E-state index contributed by atoms with van der Waals surface area (Å²) in [5, 5.41) is 8.05. The number of aromatic nitrogens is 4. The molecule has 5 rings (SSSR count). The van der Waals surface area contributed by atoms with Gasteiger partial charge in [-0.2, -0.15) is 5.10 Å². The van der Waals surface area contributed by atoms with Gasteiger partial charge in [0.15, 0.2) is 5.65 Å². The Morgan fingerprint density at radius 1 is 1.10 bits per heavy atom. The third-order valence-electron chi connectivity index (χ3n) is 5.39. The first-order chi connectivity index (χ1) is 15.1. The fourth-order valence-corrected chi connectivity index (χ4v) is 4.80. The van der Waals surface area contributed by atoms with Gasteiger partial charge in [0.1, 0.15) is 11.6 Å². The lowest BCUT2D eigenvalue weighted by atomic mass is 10.3. The van der Waals surface area contributed by atoms with Crippen molar-refractivity contribution in [3.8, 4) is 5.69 Å². The number of rotatable bonds is 3. The third-order valence-corrected chi connectivity index (χ3v) is 6.48. The van der Waals surface area contributed by atoms with E-state index in [2.05, 4.69) is 15.0 Å². The van der Waals surface area contributed by atoms with Crippen LogP contribution in [0.1, 0.15) is 21.9 Å². The number of carbonyl (C=O) groups excluding carboxylic acids is 1. The summed E-state index contributed by atoms with van der Waals surface area (Å²) in [4.78, 5) is 27.1. The number of hydrogen-bond acceptors (Lipinski definition) is 6. The van der Waals surface area contributed by atoms with Crippen LogP contribution in [0.2, 0.25) is 5.02 Å². The number of fused-ring (bicyclic) bond motifs is 1. The molecule has 0 saturated carbocycles. The molecule has 158 valence electrons. The maximum Gasteiger partial charge on any atom is 0.263 e. The minimum absolute atomic E-state index is 0.106. The molecule has 0 radical (unpaired) electrons. The molecule has 4 aromatic rings. The third kappa shape index (κ3) is 3.88. The van der Waals surface area contributed by atoms with E-state index in [-0.39, 0.29) is 5.91 Å². The zero-order valence-electron chi connectivity index (χ0n) is 17.0. The van der Waals surface area contributed by atoms with Gasteiger partial charge in [-0.15, -0.1) is 11.3 Å². The number of nitrogens with zero attached hydrogens (tertiary/aromatic N) is 6. The second kappa shape index (κ2) is 8.28. The van der Waals surface area contributed by atoms with E-state index in [1.54, 1.807) is 4.68 Å². The molecule has 1 aliphatic heterocycles. The molecule has 0 bridgehead atoms. The zero-order valence-corrected chi connectivity index (χ0v) is 18.6. The number of hydrogen-bond donors (Lipinski definition) is 0. The van der Waals surface area contributed by atoms with Gasteiger partial charge < -0.3 is 9.80 Å². The van der Waals surface area contributed by atoms with Crippen LogP contribution < -0.4 is 4.90 Å². The SMILES string of the molecule is Cc1nc(N2CCCN(C(=O)c3cccs3)CC2)c2cnn(-c3cccc(Cl)c3)c2n1. The first-order valence-electron chi connectivity index (χ1n) is 10.2. The highest BCUT2D eigenvalue weighted by molar-refractivity contribution is 7.12. The van der Waals surface area contributed by atoms with Crippen molar-refractivity contribution < 1.29 is 4.79 Å². The van der Waals surface area contributed by atoms with Crippen LogP contribution in [0.4, 0.5) is 5.82 Å². The quantitative estimate of drug-likeness (QED) is 0.466. The number of halogens is 1.